The maximum Gasteiger partial charge on any atom is 0.108 e. The molecule has 0 bridgehead atoms. The van der Waals surface area contributed by atoms with Crippen LogP contribution in [0.5, 0.6) is 0 Å². The first-order chi connectivity index (χ1) is 5.34. The van der Waals surface area contributed by atoms with Gasteiger partial charge in [-0.1, -0.05) is 42.5 Å². The standard InChI is InChI=1S/C7H5N3S/c8-10-9-7(11)6-4-2-1-3-5-6/h1-5H. The van der Waals surface area contributed by atoms with Crippen molar-refractivity contribution in [3.63, 3.8) is 0 Å². The van der Waals surface area contributed by atoms with Crippen LogP contribution in [-0.4, -0.2) is 4.99 Å². The fourth-order valence-corrected chi connectivity index (χ4v) is 0.852. The van der Waals surface area contributed by atoms with Gasteiger partial charge in [-0.2, -0.15) is 0 Å². The van der Waals surface area contributed by atoms with E-state index in [4.69, 9.17) is 17.7 Å². The molecule has 1 aromatic rings. The van der Waals surface area contributed by atoms with Gasteiger partial charge in [0, 0.05) is 4.91 Å². The lowest BCUT2D eigenvalue weighted by molar-refractivity contribution is 1.58. The fraction of sp³-hybridized carbons (Fsp3) is 0. The second kappa shape index (κ2) is 3.71. The normalized spacial score (nSPS) is 8.36. The third-order valence-electron chi connectivity index (χ3n) is 1.16. The Morgan fingerprint density at radius 2 is 2.00 bits per heavy atom. The lowest BCUT2D eigenvalue weighted by atomic mass is 10.2. The third-order valence-corrected chi connectivity index (χ3v) is 1.47. The van der Waals surface area contributed by atoms with Crippen LogP contribution in [0.25, 0.3) is 10.4 Å². The molecule has 0 aromatic heterocycles. The minimum atomic E-state index is 0.285. The van der Waals surface area contributed by atoms with Crippen LogP contribution in [-0.2, 0) is 0 Å². The highest BCUT2D eigenvalue weighted by Crippen LogP contribution is 2.01. The number of azide groups is 1. The summed E-state index contributed by atoms with van der Waals surface area (Å²) < 4.78 is 0. The number of hydrogen-bond acceptors (Lipinski definition) is 1. The van der Waals surface area contributed by atoms with Gasteiger partial charge in [0.1, 0.15) is 4.99 Å². The maximum absolute atomic E-state index is 8.07. The lowest BCUT2D eigenvalue weighted by Crippen LogP contribution is -1.88. The molecule has 0 aliphatic rings. The number of nitrogens with zero attached hydrogens (tertiary/aromatic N) is 3. The van der Waals surface area contributed by atoms with Gasteiger partial charge in [-0.3, -0.25) is 0 Å². The summed E-state index contributed by atoms with van der Waals surface area (Å²) in [6.45, 7) is 0. The van der Waals surface area contributed by atoms with E-state index in [2.05, 4.69) is 10.0 Å². The number of thiocarbonyl (C=S) groups is 1. The Kier molecular flexibility index (Phi) is 2.60. The summed E-state index contributed by atoms with van der Waals surface area (Å²) >= 11 is 4.80. The van der Waals surface area contributed by atoms with Gasteiger partial charge in [0.15, 0.2) is 0 Å². The Morgan fingerprint density at radius 3 is 2.55 bits per heavy atom. The molecule has 4 heteroatoms. The van der Waals surface area contributed by atoms with Crippen molar-refractivity contribution in [2.45, 2.75) is 0 Å². The quantitative estimate of drug-likeness (QED) is 0.272. The molecular formula is C7H5N3S. The van der Waals surface area contributed by atoms with Crippen molar-refractivity contribution < 1.29 is 0 Å². The average molecular weight is 163 g/mol. The van der Waals surface area contributed by atoms with Crippen molar-refractivity contribution >= 4 is 17.2 Å². The fourth-order valence-electron chi connectivity index (χ4n) is 0.679. The first-order valence-electron chi connectivity index (χ1n) is 2.99. The van der Waals surface area contributed by atoms with Gasteiger partial charge in [0.2, 0.25) is 0 Å². The zero-order chi connectivity index (χ0) is 8.10. The number of hydrogen-bond donors (Lipinski definition) is 0. The molecule has 1 aromatic carbocycles. The highest BCUT2D eigenvalue weighted by atomic mass is 32.1. The largest absolute Gasteiger partial charge is 0.108 e. The van der Waals surface area contributed by atoms with E-state index < -0.39 is 0 Å². The smallest absolute Gasteiger partial charge is 0.0774 e. The Hall–Kier alpha value is -1.38. The molecule has 0 radical (unpaired) electrons. The highest BCUT2D eigenvalue weighted by Gasteiger charge is 1.93. The van der Waals surface area contributed by atoms with Crippen molar-refractivity contribution in [3.05, 3.63) is 46.3 Å². The summed E-state index contributed by atoms with van der Waals surface area (Å²) in [7, 11) is 0. The summed E-state index contributed by atoms with van der Waals surface area (Å²) in [5, 5.41) is 3.31. The first-order valence-corrected chi connectivity index (χ1v) is 3.40. The van der Waals surface area contributed by atoms with E-state index in [9.17, 15) is 0 Å². The van der Waals surface area contributed by atoms with E-state index in [-0.39, 0.29) is 4.99 Å². The van der Waals surface area contributed by atoms with Crippen LogP contribution >= 0.6 is 12.2 Å². The zero-order valence-corrected chi connectivity index (χ0v) is 6.45. The molecule has 0 fully saturated rings. The van der Waals surface area contributed by atoms with Crippen molar-refractivity contribution in [1.29, 1.82) is 0 Å². The highest BCUT2D eigenvalue weighted by molar-refractivity contribution is 7.80. The van der Waals surface area contributed by atoms with Crippen LogP contribution < -0.4 is 0 Å². The molecule has 0 spiro atoms. The minimum absolute atomic E-state index is 0.285. The van der Waals surface area contributed by atoms with Gasteiger partial charge >= 0.3 is 0 Å². The molecule has 54 valence electrons. The molecule has 0 N–H and O–H groups in total. The molecule has 0 atom stereocenters. The summed E-state index contributed by atoms with van der Waals surface area (Å²) in [4.78, 5) is 2.88. The van der Waals surface area contributed by atoms with Crippen LogP contribution in [0.1, 0.15) is 5.56 Å². The van der Waals surface area contributed by atoms with E-state index >= 15 is 0 Å². The second-order valence-electron chi connectivity index (χ2n) is 1.86. The van der Waals surface area contributed by atoms with Crippen LogP contribution in [0.15, 0.2) is 35.4 Å². The van der Waals surface area contributed by atoms with Crippen LogP contribution in [0.3, 0.4) is 0 Å². The predicted octanol–water partition coefficient (Wildman–Crippen LogP) is 2.67. The summed E-state index contributed by atoms with van der Waals surface area (Å²) in [5.74, 6) is 0. The Morgan fingerprint density at radius 1 is 1.36 bits per heavy atom. The van der Waals surface area contributed by atoms with E-state index in [0.29, 0.717) is 0 Å². The monoisotopic (exact) mass is 163 g/mol. The van der Waals surface area contributed by atoms with Crippen molar-refractivity contribution in [2.24, 2.45) is 5.11 Å². The minimum Gasteiger partial charge on any atom is -0.0774 e. The van der Waals surface area contributed by atoms with Gasteiger partial charge in [-0.15, -0.1) is 0 Å². The second-order valence-corrected chi connectivity index (χ2v) is 2.25. The van der Waals surface area contributed by atoms with Crippen LogP contribution in [0.2, 0.25) is 0 Å². The van der Waals surface area contributed by atoms with E-state index in [1.165, 1.54) is 0 Å². The van der Waals surface area contributed by atoms with Gasteiger partial charge in [0.05, 0.1) is 0 Å². The molecule has 3 nitrogen and oxygen atoms in total. The Bertz CT molecular complexity index is 301. The molecule has 0 aliphatic heterocycles. The molecule has 0 saturated carbocycles. The van der Waals surface area contributed by atoms with Crippen molar-refractivity contribution in [3.8, 4) is 0 Å². The molecule has 0 aliphatic carbocycles. The van der Waals surface area contributed by atoms with Crippen LogP contribution in [0, 0.1) is 0 Å². The molecule has 0 unspecified atom stereocenters. The SMILES string of the molecule is [N-]=[N+]=NC(=S)c1ccccc1. The molecule has 0 amide bonds. The molecular weight excluding hydrogens is 158 g/mol. The Labute approximate surface area is 69.3 Å². The van der Waals surface area contributed by atoms with Gasteiger partial charge in [0.25, 0.3) is 0 Å². The van der Waals surface area contributed by atoms with Gasteiger partial charge in [-0.05, 0) is 16.2 Å². The third kappa shape index (κ3) is 2.04. The predicted molar refractivity (Wildman–Crippen MR) is 47.3 cm³/mol. The zero-order valence-electron chi connectivity index (χ0n) is 5.64. The van der Waals surface area contributed by atoms with E-state index in [1.807, 2.05) is 18.2 Å². The summed E-state index contributed by atoms with van der Waals surface area (Å²) in [5.41, 5.74) is 8.85. The van der Waals surface area contributed by atoms with Gasteiger partial charge in [-0.25, -0.2) is 0 Å². The summed E-state index contributed by atoms with van der Waals surface area (Å²) in [6.07, 6.45) is 0. The topological polar surface area (TPSA) is 48.8 Å². The molecule has 0 saturated heterocycles. The maximum atomic E-state index is 8.07. The molecule has 11 heavy (non-hydrogen) atoms. The molecule has 0 heterocycles. The van der Waals surface area contributed by atoms with E-state index in [0.717, 1.165) is 5.56 Å². The molecule has 1 rings (SSSR count). The first kappa shape index (κ1) is 7.72. The van der Waals surface area contributed by atoms with Gasteiger partial charge < -0.3 is 0 Å². The average Bonchev–Trinajstić information content (AvgIpc) is 2.07. The Balaban J connectivity index is 2.94. The van der Waals surface area contributed by atoms with Crippen LogP contribution in [0.4, 0.5) is 0 Å². The van der Waals surface area contributed by atoms with Crippen molar-refractivity contribution in [1.82, 2.24) is 0 Å². The lowest BCUT2D eigenvalue weighted by Gasteiger charge is -1.92. The summed E-state index contributed by atoms with van der Waals surface area (Å²) in [6, 6.07) is 9.17. The number of benzene rings is 1. The van der Waals surface area contributed by atoms with E-state index in [1.54, 1.807) is 12.1 Å². The van der Waals surface area contributed by atoms with Crippen molar-refractivity contribution in [2.75, 3.05) is 0 Å². The number of rotatable bonds is 1.